The number of carbonyl (C=O) groups is 1. The first kappa shape index (κ1) is 25.4. The van der Waals surface area contributed by atoms with Crippen molar-refractivity contribution in [2.24, 2.45) is 0 Å². The highest BCUT2D eigenvalue weighted by molar-refractivity contribution is 9.10. The van der Waals surface area contributed by atoms with Gasteiger partial charge in [0, 0.05) is 12.3 Å². The Labute approximate surface area is 210 Å². The number of carbonyl (C=O) groups excluding carboxylic acids is 1. The minimum atomic E-state index is -4.56. The van der Waals surface area contributed by atoms with E-state index in [1.165, 1.54) is 0 Å². The van der Waals surface area contributed by atoms with Crippen molar-refractivity contribution in [2.75, 3.05) is 18.5 Å². The van der Waals surface area contributed by atoms with Gasteiger partial charge in [-0.2, -0.15) is 22.7 Å². The first-order chi connectivity index (χ1) is 16.6. The minimum Gasteiger partial charge on any atom is -0.377 e. The summed E-state index contributed by atoms with van der Waals surface area (Å²) in [5, 5.41) is 6.65. The van der Waals surface area contributed by atoms with Gasteiger partial charge in [-0.1, -0.05) is 24.6 Å². The zero-order valence-corrected chi connectivity index (χ0v) is 20.8. The molecule has 2 aromatic heterocycles. The van der Waals surface area contributed by atoms with Gasteiger partial charge in [-0.3, -0.25) is 9.59 Å². The number of nitrogens with one attached hydrogen (secondary N) is 1. The number of amides is 1. The topological polar surface area (TPSA) is 90.5 Å². The van der Waals surface area contributed by atoms with Crippen LogP contribution in [0.4, 0.5) is 18.9 Å². The summed E-state index contributed by atoms with van der Waals surface area (Å²) >= 11 is 9.28. The Hall–Kier alpha value is -2.70. The zero-order valence-electron chi connectivity index (χ0n) is 18.5. The van der Waals surface area contributed by atoms with E-state index in [9.17, 15) is 22.8 Å². The lowest BCUT2D eigenvalue weighted by Gasteiger charge is -2.15. The molecule has 4 rings (SSSR count). The molecule has 0 aliphatic carbocycles. The summed E-state index contributed by atoms with van der Waals surface area (Å²) in [6.07, 6.45) is -0.822. The lowest BCUT2D eigenvalue weighted by atomic mass is 10.1. The predicted octanol–water partition coefficient (Wildman–Crippen LogP) is 4.72. The number of ether oxygens (including phenoxy) is 1. The summed E-state index contributed by atoms with van der Waals surface area (Å²) in [6, 6.07) is 2.68. The van der Waals surface area contributed by atoms with E-state index in [-0.39, 0.29) is 27.5 Å². The average molecular weight is 575 g/mol. The molecule has 0 bridgehead atoms. The van der Waals surface area contributed by atoms with Crippen molar-refractivity contribution >= 4 is 50.5 Å². The first-order valence-electron chi connectivity index (χ1n) is 10.7. The fourth-order valence-corrected chi connectivity index (χ4v) is 4.65. The predicted molar refractivity (Wildman–Crippen MR) is 127 cm³/mol. The molecule has 1 aliphatic rings. The third-order valence-electron chi connectivity index (χ3n) is 5.47. The Morgan fingerprint density at radius 2 is 2.11 bits per heavy atom. The van der Waals surface area contributed by atoms with Crippen molar-refractivity contribution in [3.63, 3.8) is 0 Å². The summed E-state index contributed by atoms with van der Waals surface area (Å²) < 4.78 is 47.1. The molecule has 0 unspecified atom stereocenters. The van der Waals surface area contributed by atoms with Gasteiger partial charge in [0.25, 0.3) is 5.56 Å². The van der Waals surface area contributed by atoms with Crippen LogP contribution in [0.3, 0.4) is 0 Å². The maximum atomic E-state index is 12.9. The second-order valence-corrected chi connectivity index (χ2v) is 9.00. The normalized spacial score (nSPS) is 14.6. The summed E-state index contributed by atoms with van der Waals surface area (Å²) in [7, 11) is 0. The zero-order chi connectivity index (χ0) is 25.3. The highest BCUT2D eigenvalue weighted by Crippen LogP contribution is 2.33. The fraction of sp³-hybridized carbons (Fsp3) is 0.364. The van der Waals surface area contributed by atoms with E-state index in [4.69, 9.17) is 16.3 Å². The summed E-state index contributed by atoms with van der Waals surface area (Å²) in [5.41, 5.74) is 0.0581. The van der Waals surface area contributed by atoms with Crippen molar-refractivity contribution in [3.05, 3.63) is 61.2 Å². The Bertz CT molecular complexity index is 1380. The first-order valence-corrected chi connectivity index (χ1v) is 11.9. The Morgan fingerprint density at radius 3 is 2.80 bits per heavy atom. The molecule has 3 heterocycles. The Kier molecular flexibility index (Phi) is 7.34. The third kappa shape index (κ3) is 5.29. The molecule has 0 atom stereocenters. The van der Waals surface area contributed by atoms with Crippen molar-refractivity contribution in [1.82, 2.24) is 19.2 Å². The van der Waals surface area contributed by atoms with Gasteiger partial charge < -0.3 is 14.6 Å². The van der Waals surface area contributed by atoms with E-state index in [2.05, 4.69) is 31.3 Å². The fourth-order valence-electron chi connectivity index (χ4n) is 3.76. The van der Waals surface area contributed by atoms with Gasteiger partial charge in [0.1, 0.15) is 11.0 Å². The van der Waals surface area contributed by atoms with Crippen LogP contribution in [0, 0.1) is 0 Å². The lowest BCUT2D eigenvalue weighted by molar-refractivity contribution is -0.137. The van der Waals surface area contributed by atoms with E-state index in [0.717, 1.165) is 34.7 Å². The van der Waals surface area contributed by atoms with E-state index in [1.807, 2.05) is 13.0 Å². The van der Waals surface area contributed by atoms with Crippen LogP contribution >= 0.6 is 27.5 Å². The van der Waals surface area contributed by atoms with Crippen LogP contribution in [-0.4, -0.2) is 38.3 Å². The minimum absolute atomic E-state index is 0.0320. The van der Waals surface area contributed by atoms with Gasteiger partial charge in [-0.15, -0.1) is 5.10 Å². The SMILES string of the molecule is CCc1c(Br)c(=O)n2nc(C3=CCOCCC3)nc2n1CC(=O)Nc1ccc(C(F)(F)F)cc1Cl. The summed E-state index contributed by atoms with van der Waals surface area (Å²) in [4.78, 5) is 30.3. The van der Waals surface area contributed by atoms with E-state index in [1.54, 1.807) is 4.57 Å². The number of aromatic nitrogens is 4. The number of hydrogen-bond acceptors (Lipinski definition) is 5. The molecule has 0 saturated heterocycles. The van der Waals surface area contributed by atoms with Crippen molar-refractivity contribution in [2.45, 2.75) is 38.9 Å². The van der Waals surface area contributed by atoms with Crippen molar-refractivity contribution in [1.29, 1.82) is 0 Å². The molecule has 186 valence electrons. The number of nitrogens with zero attached hydrogens (tertiary/aromatic N) is 4. The van der Waals surface area contributed by atoms with E-state index < -0.39 is 23.2 Å². The Morgan fingerprint density at radius 1 is 1.34 bits per heavy atom. The molecule has 3 aromatic rings. The average Bonchev–Trinajstić information content (AvgIpc) is 3.06. The van der Waals surface area contributed by atoms with Crippen LogP contribution in [0.2, 0.25) is 5.02 Å². The number of hydrogen-bond donors (Lipinski definition) is 1. The molecule has 0 fully saturated rings. The number of allylic oxidation sites excluding steroid dienone is 1. The third-order valence-corrected chi connectivity index (χ3v) is 6.58. The number of halogens is 5. The molecular formula is C22H20BrClF3N5O3. The van der Waals surface area contributed by atoms with E-state index in [0.29, 0.717) is 37.6 Å². The second kappa shape index (κ2) is 10.1. The molecular weight excluding hydrogens is 555 g/mol. The smallest absolute Gasteiger partial charge is 0.377 e. The van der Waals surface area contributed by atoms with Crippen LogP contribution in [0.25, 0.3) is 11.4 Å². The maximum Gasteiger partial charge on any atom is 0.416 e. The van der Waals surface area contributed by atoms with Crippen LogP contribution in [-0.2, 0) is 28.7 Å². The molecule has 8 nitrogen and oxygen atoms in total. The van der Waals surface area contributed by atoms with Crippen LogP contribution in [0.15, 0.2) is 33.5 Å². The van der Waals surface area contributed by atoms with E-state index >= 15 is 0 Å². The molecule has 1 amide bonds. The number of fused-ring (bicyclic) bond motifs is 1. The molecule has 0 radical (unpaired) electrons. The van der Waals surface area contributed by atoms with Gasteiger partial charge in [0.05, 0.1) is 22.9 Å². The van der Waals surface area contributed by atoms with Crippen molar-refractivity contribution < 1.29 is 22.7 Å². The lowest BCUT2D eigenvalue weighted by Crippen LogP contribution is -2.28. The largest absolute Gasteiger partial charge is 0.416 e. The second-order valence-electron chi connectivity index (χ2n) is 7.80. The molecule has 1 aliphatic heterocycles. The quantitative estimate of drug-likeness (QED) is 0.476. The highest BCUT2D eigenvalue weighted by atomic mass is 79.9. The molecule has 1 aromatic carbocycles. The van der Waals surface area contributed by atoms with Gasteiger partial charge in [0.15, 0.2) is 5.82 Å². The van der Waals surface area contributed by atoms with Crippen LogP contribution in [0.5, 0.6) is 0 Å². The maximum absolute atomic E-state index is 12.9. The number of anilines is 1. The molecule has 35 heavy (non-hydrogen) atoms. The van der Waals surface area contributed by atoms with Gasteiger partial charge in [0.2, 0.25) is 11.7 Å². The number of benzene rings is 1. The molecule has 1 N–H and O–H groups in total. The Balaban J connectivity index is 1.70. The monoisotopic (exact) mass is 573 g/mol. The standard InChI is InChI=1S/C22H20BrClF3N5O3/c1-2-16-18(23)20(34)32-21(29-19(30-32)12-4-3-8-35-9-7-12)31(16)11-17(33)28-15-6-5-13(10-14(15)24)22(25,26)27/h5-7,10H,2-4,8-9,11H2,1H3,(H,28,33). The molecule has 13 heteroatoms. The van der Waals surface area contributed by atoms with Gasteiger partial charge in [-0.05, 0) is 59.0 Å². The number of alkyl halides is 3. The molecule has 0 saturated carbocycles. The highest BCUT2D eigenvalue weighted by Gasteiger charge is 2.31. The summed E-state index contributed by atoms with van der Waals surface area (Å²) in [5.74, 6) is -0.0251. The summed E-state index contributed by atoms with van der Waals surface area (Å²) in [6.45, 7) is 2.57. The van der Waals surface area contributed by atoms with Crippen LogP contribution < -0.4 is 10.9 Å². The van der Waals surface area contributed by atoms with Gasteiger partial charge >= 0.3 is 6.18 Å². The van der Waals surface area contributed by atoms with Gasteiger partial charge in [-0.25, -0.2) is 0 Å². The number of rotatable bonds is 5. The van der Waals surface area contributed by atoms with Crippen molar-refractivity contribution in [3.8, 4) is 0 Å². The molecule has 0 spiro atoms. The van der Waals surface area contributed by atoms with Crippen LogP contribution in [0.1, 0.15) is 36.8 Å².